The van der Waals surface area contributed by atoms with Gasteiger partial charge in [-0.05, 0) is 13.0 Å². The van der Waals surface area contributed by atoms with Crippen LogP contribution in [0.5, 0.6) is 0 Å². The van der Waals surface area contributed by atoms with Gasteiger partial charge in [-0.15, -0.1) is 4.40 Å². The molecule has 2 aromatic carbocycles. The predicted molar refractivity (Wildman–Crippen MR) is 98.7 cm³/mol. The summed E-state index contributed by atoms with van der Waals surface area (Å²) in [4.78, 5) is 6.65. The molecule has 1 heterocycles. The number of rotatable bonds is 2. The number of likely N-dealkylation sites (N-methyl/N-ethyl adjacent to an activating group) is 1. The lowest BCUT2D eigenvalue weighted by Crippen LogP contribution is -2.35. The molecular weight excluding hydrogens is 322 g/mol. The van der Waals surface area contributed by atoms with Crippen molar-refractivity contribution >= 4 is 27.3 Å². The van der Waals surface area contributed by atoms with Gasteiger partial charge in [-0.3, -0.25) is 0 Å². The van der Waals surface area contributed by atoms with E-state index in [0.717, 1.165) is 28.8 Å². The van der Waals surface area contributed by atoms with Gasteiger partial charge in [0, 0.05) is 23.9 Å². The van der Waals surface area contributed by atoms with Crippen molar-refractivity contribution in [3.8, 4) is 0 Å². The van der Waals surface area contributed by atoms with E-state index in [2.05, 4.69) is 9.39 Å². The summed E-state index contributed by atoms with van der Waals surface area (Å²) in [6.07, 6.45) is 1.09. The fourth-order valence-corrected chi connectivity index (χ4v) is 3.25. The Morgan fingerprint density at radius 3 is 2.33 bits per heavy atom. The maximum Gasteiger partial charge on any atom is 0.251 e. The van der Waals surface area contributed by atoms with Gasteiger partial charge in [-0.1, -0.05) is 48.5 Å². The first kappa shape index (κ1) is 16.4. The number of hydrogen-bond donors (Lipinski definition) is 0. The lowest BCUT2D eigenvalue weighted by molar-refractivity contribution is 0.603. The van der Waals surface area contributed by atoms with Crippen LogP contribution in [0.1, 0.15) is 18.1 Å². The molecule has 1 aliphatic rings. The Bertz CT molecular complexity index is 918. The van der Waals surface area contributed by atoms with E-state index in [9.17, 15) is 8.42 Å². The van der Waals surface area contributed by atoms with Crippen LogP contribution in [-0.4, -0.2) is 39.3 Å². The zero-order valence-corrected chi connectivity index (χ0v) is 14.7. The van der Waals surface area contributed by atoms with Crippen molar-refractivity contribution in [3.05, 3.63) is 65.7 Å². The summed E-state index contributed by atoms with van der Waals surface area (Å²) in [5.74, 6) is 0.287. The van der Waals surface area contributed by atoms with Gasteiger partial charge in [0.15, 0.2) is 5.84 Å². The molecule has 6 heteroatoms. The van der Waals surface area contributed by atoms with Crippen molar-refractivity contribution in [1.29, 1.82) is 0 Å². The normalized spacial score (nSPS) is 19.6. The van der Waals surface area contributed by atoms with E-state index in [4.69, 9.17) is 0 Å². The minimum atomic E-state index is -3.54. The molecule has 0 saturated carbocycles. The SMILES string of the molecule is CC1/C(=N\S(C)(=O)=O)N=C(c2ccccc2)c2ccccc2N1C. The summed E-state index contributed by atoms with van der Waals surface area (Å²) in [6.45, 7) is 1.90. The summed E-state index contributed by atoms with van der Waals surface area (Å²) in [5.41, 5.74) is 3.60. The van der Waals surface area contributed by atoms with Crippen LogP contribution in [0.25, 0.3) is 0 Å². The Morgan fingerprint density at radius 2 is 1.67 bits per heavy atom. The number of benzodiazepines with no additional fused rings is 1. The molecular formula is C18H19N3O2S. The standard InChI is InChI=1S/C18H19N3O2S/c1-13-18(20-24(3,22)23)19-17(14-9-5-4-6-10-14)15-11-7-8-12-16(15)21(13)2/h4-13H,1-3H3/b20-18+. The zero-order valence-electron chi connectivity index (χ0n) is 13.8. The largest absolute Gasteiger partial charge is 0.364 e. The molecule has 1 aliphatic heterocycles. The van der Waals surface area contributed by atoms with Crippen LogP contribution in [0.4, 0.5) is 5.69 Å². The second-order valence-corrected chi connectivity index (χ2v) is 7.46. The third kappa shape index (κ3) is 3.23. The summed E-state index contributed by atoms with van der Waals surface area (Å²) in [6, 6.07) is 17.4. The van der Waals surface area contributed by atoms with Crippen LogP contribution in [0.15, 0.2) is 64.0 Å². The van der Waals surface area contributed by atoms with Gasteiger partial charge in [0.1, 0.15) is 0 Å². The second-order valence-electron chi connectivity index (χ2n) is 5.81. The monoisotopic (exact) mass is 341 g/mol. The highest BCUT2D eigenvalue weighted by molar-refractivity contribution is 7.89. The third-order valence-electron chi connectivity index (χ3n) is 4.03. The molecule has 0 spiro atoms. The molecule has 0 saturated heterocycles. The van der Waals surface area contributed by atoms with E-state index < -0.39 is 10.0 Å². The van der Waals surface area contributed by atoms with Crippen molar-refractivity contribution < 1.29 is 8.42 Å². The molecule has 0 amide bonds. The van der Waals surface area contributed by atoms with Crippen molar-refractivity contribution in [2.75, 3.05) is 18.2 Å². The number of amidine groups is 1. The minimum Gasteiger partial charge on any atom is -0.364 e. The summed E-state index contributed by atoms with van der Waals surface area (Å²) in [5, 5.41) is 0. The molecule has 0 aromatic heterocycles. The number of para-hydroxylation sites is 1. The first-order valence-electron chi connectivity index (χ1n) is 7.63. The minimum absolute atomic E-state index is 0.262. The number of nitrogens with zero attached hydrogens (tertiary/aromatic N) is 3. The molecule has 1 atom stereocenters. The van der Waals surface area contributed by atoms with E-state index in [1.54, 1.807) is 0 Å². The Labute approximate surface area is 142 Å². The molecule has 0 N–H and O–H groups in total. The van der Waals surface area contributed by atoms with Crippen LogP contribution < -0.4 is 4.90 Å². The molecule has 3 rings (SSSR count). The van der Waals surface area contributed by atoms with E-state index >= 15 is 0 Å². The highest BCUT2D eigenvalue weighted by Gasteiger charge is 2.26. The smallest absolute Gasteiger partial charge is 0.251 e. The van der Waals surface area contributed by atoms with Crippen molar-refractivity contribution in [1.82, 2.24) is 0 Å². The number of benzene rings is 2. The van der Waals surface area contributed by atoms with Gasteiger partial charge in [0.05, 0.1) is 18.0 Å². The van der Waals surface area contributed by atoms with Gasteiger partial charge in [-0.25, -0.2) is 13.4 Å². The number of sulfonamides is 1. The molecule has 0 fully saturated rings. The van der Waals surface area contributed by atoms with E-state index in [1.165, 1.54) is 0 Å². The Morgan fingerprint density at radius 1 is 1.04 bits per heavy atom. The molecule has 0 bridgehead atoms. The zero-order chi connectivity index (χ0) is 17.3. The average Bonchev–Trinajstić information content (AvgIpc) is 2.65. The summed E-state index contributed by atoms with van der Waals surface area (Å²) < 4.78 is 27.3. The molecule has 5 nitrogen and oxygen atoms in total. The lowest BCUT2D eigenvalue weighted by atomic mass is 10.0. The number of anilines is 1. The van der Waals surface area contributed by atoms with Crippen LogP contribution in [0.3, 0.4) is 0 Å². The molecule has 124 valence electrons. The number of fused-ring (bicyclic) bond motifs is 1. The van der Waals surface area contributed by atoms with Gasteiger partial charge in [0.25, 0.3) is 10.0 Å². The highest BCUT2D eigenvalue weighted by atomic mass is 32.2. The number of hydrogen-bond acceptors (Lipinski definition) is 3. The first-order valence-corrected chi connectivity index (χ1v) is 9.48. The van der Waals surface area contributed by atoms with Crippen molar-refractivity contribution in [2.24, 2.45) is 9.39 Å². The van der Waals surface area contributed by atoms with E-state index in [-0.39, 0.29) is 11.9 Å². The molecule has 2 aromatic rings. The highest BCUT2D eigenvalue weighted by Crippen LogP contribution is 2.28. The Kier molecular flexibility index (Phi) is 4.24. The Hall–Kier alpha value is -2.47. The molecule has 0 aliphatic carbocycles. The summed E-state index contributed by atoms with van der Waals surface area (Å²) >= 11 is 0. The molecule has 1 unspecified atom stereocenters. The van der Waals surface area contributed by atoms with Gasteiger partial charge >= 0.3 is 0 Å². The predicted octanol–water partition coefficient (Wildman–Crippen LogP) is 2.72. The molecule has 24 heavy (non-hydrogen) atoms. The van der Waals surface area contributed by atoms with Crippen LogP contribution >= 0.6 is 0 Å². The van der Waals surface area contributed by atoms with E-state index in [0.29, 0.717) is 0 Å². The molecule has 0 radical (unpaired) electrons. The number of aliphatic imine (C=N–C) groups is 1. The maximum absolute atomic E-state index is 11.7. The van der Waals surface area contributed by atoms with Gasteiger partial charge < -0.3 is 4.90 Å². The van der Waals surface area contributed by atoms with Crippen LogP contribution in [0.2, 0.25) is 0 Å². The topological polar surface area (TPSA) is 62.1 Å². The van der Waals surface area contributed by atoms with Gasteiger partial charge in [0.2, 0.25) is 0 Å². The maximum atomic E-state index is 11.7. The van der Waals surface area contributed by atoms with Crippen molar-refractivity contribution in [3.63, 3.8) is 0 Å². The van der Waals surface area contributed by atoms with Crippen LogP contribution in [0, 0.1) is 0 Å². The third-order valence-corrected chi connectivity index (χ3v) is 4.55. The second kappa shape index (κ2) is 6.20. The fourth-order valence-electron chi connectivity index (χ4n) is 2.71. The van der Waals surface area contributed by atoms with E-state index in [1.807, 2.05) is 73.5 Å². The van der Waals surface area contributed by atoms with Gasteiger partial charge in [-0.2, -0.15) is 0 Å². The lowest BCUT2D eigenvalue weighted by Gasteiger charge is -2.25. The quantitative estimate of drug-likeness (QED) is 0.844. The summed E-state index contributed by atoms with van der Waals surface area (Å²) in [7, 11) is -1.61. The Balaban J connectivity index is 2.30. The van der Waals surface area contributed by atoms with Crippen LogP contribution in [-0.2, 0) is 10.0 Å². The average molecular weight is 341 g/mol. The van der Waals surface area contributed by atoms with Crippen molar-refractivity contribution in [2.45, 2.75) is 13.0 Å². The first-order chi connectivity index (χ1) is 11.4. The fraction of sp³-hybridized carbons (Fsp3) is 0.222.